The first-order valence-corrected chi connectivity index (χ1v) is 7.46. The third kappa shape index (κ3) is 1.77. The van der Waals surface area contributed by atoms with Crippen LogP contribution in [0, 0.1) is 0 Å². The van der Waals surface area contributed by atoms with Gasteiger partial charge in [0.15, 0.2) is 0 Å². The fraction of sp³-hybridized carbons (Fsp3) is 0.278. The Morgan fingerprint density at radius 2 is 1.95 bits per heavy atom. The van der Waals surface area contributed by atoms with Crippen molar-refractivity contribution in [3.63, 3.8) is 0 Å². The minimum Gasteiger partial charge on any atom is -0.352 e. The molecule has 3 heteroatoms. The highest BCUT2D eigenvalue weighted by Crippen LogP contribution is 2.42. The maximum Gasteiger partial charge on any atom is 0.129 e. The Morgan fingerprint density at radius 3 is 2.81 bits per heavy atom. The van der Waals surface area contributed by atoms with Crippen LogP contribution in [0.3, 0.4) is 0 Å². The van der Waals surface area contributed by atoms with Crippen molar-refractivity contribution in [2.75, 3.05) is 14.1 Å². The first kappa shape index (κ1) is 12.5. The number of nitrogens with zero attached hydrogens (tertiary/aromatic N) is 3. The van der Waals surface area contributed by atoms with Crippen LogP contribution in [0.15, 0.2) is 60.1 Å². The van der Waals surface area contributed by atoms with Crippen molar-refractivity contribution in [3.8, 4) is 0 Å². The van der Waals surface area contributed by atoms with Gasteiger partial charge in [-0.3, -0.25) is 4.98 Å². The highest BCUT2D eigenvalue weighted by atomic mass is 15.4. The average Bonchev–Trinajstić information content (AvgIpc) is 2.79. The van der Waals surface area contributed by atoms with Gasteiger partial charge in [0.1, 0.15) is 6.17 Å². The summed E-state index contributed by atoms with van der Waals surface area (Å²) >= 11 is 0. The third-order valence-electron chi connectivity index (χ3n) is 4.60. The predicted molar refractivity (Wildman–Crippen MR) is 85.4 cm³/mol. The SMILES string of the molecule is CN1C2=C(CCC=C2)N(C)C1c1cccc2cccnc12. The molecule has 3 nitrogen and oxygen atoms in total. The van der Waals surface area contributed by atoms with Gasteiger partial charge in [0.25, 0.3) is 0 Å². The zero-order valence-corrected chi connectivity index (χ0v) is 12.5. The quantitative estimate of drug-likeness (QED) is 0.793. The van der Waals surface area contributed by atoms with Gasteiger partial charge in [-0.25, -0.2) is 0 Å². The van der Waals surface area contributed by atoms with Crippen molar-refractivity contribution in [2.45, 2.75) is 19.0 Å². The molecule has 0 saturated heterocycles. The van der Waals surface area contributed by atoms with Crippen LogP contribution in [0.1, 0.15) is 24.6 Å². The molecule has 1 aromatic carbocycles. The Kier molecular flexibility index (Phi) is 2.74. The first-order valence-electron chi connectivity index (χ1n) is 7.46. The second kappa shape index (κ2) is 4.62. The summed E-state index contributed by atoms with van der Waals surface area (Å²) in [4.78, 5) is 9.40. The number of hydrogen-bond donors (Lipinski definition) is 0. The molecule has 1 unspecified atom stereocenters. The summed E-state index contributed by atoms with van der Waals surface area (Å²) in [7, 11) is 4.38. The molecule has 0 fully saturated rings. The van der Waals surface area contributed by atoms with E-state index in [1.54, 1.807) is 0 Å². The van der Waals surface area contributed by atoms with E-state index in [9.17, 15) is 0 Å². The first-order chi connectivity index (χ1) is 10.3. The summed E-state index contributed by atoms with van der Waals surface area (Å²) in [5.74, 6) is 0. The number of hydrogen-bond acceptors (Lipinski definition) is 3. The molecule has 2 aromatic rings. The van der Waals surface area contributed by atoms with Crippen molar-refractivity contribution in [1.29, 1.82) is 0 Å². The monoisotopic (exact) mass is 277 g/mol. The Morgan fingerprint density at radius 1 is 1.10 bits per heavy atom. The van der Waals surface area contributed by atoms with Gasteiger partial charge in [-0.15, -0.1) is 0 Å². The van der Waals surface area contributed by atoms with Crippen LogP contribution in [0.25, 0.3) is 10.9 Å². The smallest absolute Gasteiger partial charge is 0.129 e. The van der Waals surface area contributed by atoms with Gasteiger partial charge in [-0.2, -0.15) is 0 Å². The second-order valence-corrected chi connectivity index (χ2v) is 5.79. The molecule has 0 N–H and O–H groups in total. The number of benzene rings is 1. The van der Waals surface area contributed by atoms with Crippen molar-refractivity contribution in [2.24, 2.45) is 0 Å². The maximum absolute atomic E-state index is 4.62. The molecule has 4 rings (SSSR count). The van der Waals surface area contributed by atoms with E-state index in [0.717, 1.165) is 18.4 Å². The summed E-state index contributed by atoms with van der Waals surface area (Å²) in [6.07, 6.45) is 8.91. The van der Waals surface area contributed by atoms with Crippen LogP contribution >= 0.6 is 0 Å². The van der Waals surface area contributed by atoms with Crippen LogP contribution in [-0.2, 0) is 0 Å². The standard InChI is InChI=1S/C18H19N3/c1-20-15-10-3-4-11-16(15)21(2)18(20)14-9-5-7-13-8-6-12-19-17(13)14/h3,5-10,12,18H,4,11H2,1-2H3. The molecule has 106 valence electrons. The lowest BCUT2D eigenvalue weighted by molar-refractivity contribution is 0.194. The minimum atomic E-state index is 0.233. The zero-order valence-electron chi connectivity index (χ0n) is 12.5. The van der Waals surface area contributed by atoms with E-state index in [4.69, 9.17) is 0 Å². The molecule has 0 amide bonds. The zero-order chi connectivity index (χ0) is 14.4. The Bertz CT molecular complexity index is 755. The minimum absolute atomic E-state index is 0.233. The number of pyridine rings is 1. The van der Waals surface area contributed by atoms with Gasteiger partial charge >= 0.3 is 0 Å². The number of rotatable bonds is 1. The Balaban J connectivity index is 1.85. The molecule has 1 aliphatic heterocycles. The fourth-order valence-corrected chi connectivity index (χ4v) is 3.61. The van der Waals surface area contributed by atoms with E-state index in [0.29, 0.717) is 0 Å². The van der Waals surface area contributed by atoms with E-state index in [1.807, 2.05) is 12.3 Å². The highest BCUT2D eigenvalue weighted by Gasteiger charge is 2.35. The lowest BCUT2D eigenvalue weighted by Gasteiger charge is -2.30. The number of allylic oxidation sites excluding steroid dienone is 3. The van der Waals surface area contributed by atoms with Crippen LogP contribution in [0.5, 0.6) is 0 Å². The van der Waals surface area contributed by atoms with E-state index in [1.165, 1.54) is 22.3 Å². The second-order valence-electron chi connectivity index (χ2n) is 5.79. The van der Waals surface area contributed by atoms with Gasteiger partial charge in [0, 0.05) is 36.9 Å². The third-order valence-corrected chi connectivity index (χ3v) is 4.60. The van der Waals surface area contributed by atoms with Crippen molar-refractivity contribution < 1.29 is 0 Å². The van der Waals surface area contributed by atoms with Gasteiger partial charge < -0.3 is 9.80 Å². The van der Waals surface area contributed by atoms with Gasteiger partial charge in [0.2, 0.25) is 0 Å². The molecule has 2 aliphatic rings. The highest BCUT2D eigenvalue weighted by molar-refractivity contribution is 5.82. The predicted octanol–water partition coefficient (Wildman–Crippen LogP) is 3.67. The van der Waals surface area contributed by atoms with Crippen molar-refractivity contribution in [1.82, 2.24) is 14.8 Å². The van der Waals surface area contributed by atoms with Crippen LogP contribution < -0.4 is 0 Å². The van der Waals surface area contributed by atoms with E-state index >= 15 is 0 Å². The average molecular weight is 277 g/mol. The molecule has 0 bridgehead atoms. The Hall–Kier alpha value is -2.29. The lowest BCUT2D eigenvalue weighted by atomic mass is 10.1. The van der Waals surface area contributed by atoms with Crippen molar-refractivity contribution >= 4 is 10.9 Å². The summed E-state index contributed by atoms with van der Waals surface area (Å²) in [6.45, 7) is 0. The van der Waals surface area contributed by atoms with E-state index < -0.39 is 0 Å². The van der Waals surface area contributed by atoms with Crippen LogP contribution in [0.4, 0.5) is 0 Å². The van der Waals surface area contributed by atoms with Crippen LogP contribution in [-0.4, -0.2) is 28.9 Å². The fourth-order valence-electron chi connectivity index (χ4n) is 3.61. The molecule has 0 spiro atoms. The van der Waals surface area contributed by atoms with E-state index in [2.05, 4.69) is 65.3 Å². The normalized spacial score (nSPS) is 21.3. The molecule has 1 aliphatic carbocycles. The Labute approximate surface area is 125 Å². The summed E-state index contributed by atoms with van der Waals surface area (Å²) in [5.41, 5.74) is 5.17. The molecule has 1 aromatic heterocycles. The van der Waals surface area contributed by atoms with Gasteiger partial charge in [-0.05, 0) is 25.0 Å². The lowest BCUT2D eigenvalue weighted by Crippen LogP contribution is -2.28. The molecule has 0 radical (unpaired) electrons. The molecule has 0 saturated carbocycles. The number of likely N-dealkylation sites (N-methyl/N-ethyl adjacent to an activating group) is 1. The summed E-state index contributed by atoms with van der Waals surface area (Å²) in [5, 5.41) is 1.21. The molecular formula is C18H19N3. The summed E-state index contributed by atoms with van der Waals surface area (Å²) < 4.78 is 0. The maximum atomic E-state index is 4.62. The summed E-state index contributed by atoms with van der Waals surface area (Å²) in [6, 6.07) is 10.6. The number of para-hydroxylation sites is 1. The molecule has 1 atom stereocenters. The number of fused-ring (bicyclic) bond motifs is 1. The van der Waals surface area contributed by atoms with Gasteiger partial charge in [-0.1, -0.05) is 30.3 Å². The molecular weight excluding hydrogens is 258 g/mol. The largest absolute Gasteiger partial charge is 0.352 e. The molecule has 2 heterocycles. The van der Waals surface area contributed by atoms with E-state index in [-0.39, 0.29) is 6.17 Å². The van der Waals surface area contributed by atoms with Crippen LogP contribution in [0.2, 0.25) is 0 Å². The van der Waals surface area contributed by atoms with Gasteiger partial charge in [0.05, 0.1) is 11.2 Å². The topological polar surface area (TPSA) is 19.4 Å². The molecule has 21 heavy (non-hydrogen) atoms. The van der Waals surface area contributed by atoms with Crippen molar-refractivity contribution in [3.05, 3.63) is 65.6 Å². The number of aromatic nitrogens is 1.